The Kier molecular flexibility index (Phi) is 5.12. The van der Waals surface area contributed by atoms with Crippen molar-refractivity contribution in [2.24, 2.45) is 0 Å². The van der Waals surface area contributed by atoms with Crippen LogP contribution in [0.2, 0.25) is 0 Å². The van der Waals surface area contributed by atoms with Gasteiger partial charge in [-0.1, -0.05) is 19.9 Å². The first kappa shape index (κ1) is 11.7. The molecule has 1 N–H and O–H groups in total. The van der Waals surface area contributed by atoms with Crippen molar-refractivity contribution in [2.75, 3.05) is 0 Å². The zero-order valence-corrected chi connectivity index (χ0v) is 10.3. The molecule has 0 spiro atoms. The van der Waals surface area contributed by atoms with Gasteiger partial charge in [0.05, 0.1) is 5.69 Å². The van der Waals surface area contributed by atoms with Crippen LogP contribution in [0, 0.1) is 0 Å². The summed E-state index contributed by atoms with van der Waals surface area (Å²) in [5.41, 5.74) is 1.09. The molecule has 0 saturated heterocycles. The quantitative estimate of drug-likeness (QED) is 0.820. The van der Waals surface area contributed by atoms with Gasteiger partial charge in [-0.15, -0.1) is 0 Å². The molecule has 0 aliphatic rings. The molecule has 0 aromatic carbocycles. The average molecular weight is 257 g/mol. The molecule has 2 nitrogen and oxygen atoms in total. The summed E-state index contributed by atoms with van der Waals surface area (Å²) in [5, 5.41) is 3.48. The molecule has 14 heavy (non-hydrogen) atoms. The topological polar surface area (TPSA) is 24.9 Å². The number of nitrogens with one attached hydrogen (secondary N) is 1. The lowest BCUT2D eigenvalue weighted by Gasteiger charge is -2.13. The summed E-state index contributed by atoms with van der Waals surface area (Å²) in [5.74, 6) is 0. The minimum absolute atomic E-state index is 0.607. The number of hydrogen-bond donors (Lipinski definition) is 1. The maximum Gasteiger partial charge on any atom is 0.106 e. The average Bonchev–Trinajstić information content (AvgIpc) is 2.19. The van der Waals surface area contributed by atoms with Crippen molar-refractivity contribution < 1.29 is 0 Å². The van der Waals surface area contributed by atoms with E-state index in [1.807, 2.05) is 18.2 Å². The van der Waals surface area contributed by atoms with Gasteiger partial charge in [0.2, 0.25) is 0 Å². The third kappa shape index (κ3) is 3.76. The van der Waals surface area contributed by atoms with Gasteiger partial charge in [0, 0.05) is 12.6 Å². The molecule has 0 amide bonds. The van der Waals surface area contributed by atoms with Crippen LogP contribution in [0.3, 0.4) is 0 Å². The lowest BCUT2D eigenvalue weighted by atomic mass is 10.2. The van der Waals surface area contributed by atoms with E-state index in [1.54, 1.807) is 0 Å². The predicted octanol–water partition coefficient (Wildman–Crippen LogP) is 3.12. The molecule has 0 radical (unpaired) electrons. The summed E-state index contributed by atoms with van der Waals surface area (Å²) >= 11 is 3.36. The van der Waals surface area contributed by atoms with Gasteiger partial charge in [0.25, 0.3) is 0 Å². The van der Waals surface area contributed by atoms with E-state index in [0.717, 1.165) is 16.8 Å². The van der Waals surface area contributed by atoms with Gasteiger partial charge in [0.15, 0.2) is 0 Å². The Morgan fingerprint density at radius 1 is 1.36 bits per heavy atom. The van der Waals surface area contributed by atoms with E-state index in [9.17, 15) is 0 Å². The van der Waals surface area contributed by atoms with Crippen LogP contribution in [0.25, 0.3) is 0 Å². The van der Waals surface area contributed by atoms with Gasteiger partial charge in [-0.2, -0.15) is 0 Å². The van der Waals surface area contributed by atoms with Gasteiger partial charge in [-0.25, -0.2) is 4.98 Å². The summed E-state index contributed by atoms with van der Waals surface area (Å²) in [6, 6.07) is 6.61. The van der Waals surface area contributed by atoms with Crippen LogP contribution in [0.5, 0.6) is 0 Å². The van der Waals surface area contributed by atoms with Gasteiger partial charge < -0.3 is 5.32 Å². The highest BCUT2D eigenvalue weighted by Gasteiger charge is 2.02. The van der Waals surface area contributed by atoms with Crippen molar-refractivity contribution in [3.05, 3.63) is 28.5 Å². The lowest BCUT2D eigenvalue weighted by Crippen LogP contribution is -2.27. The van der Waals surface area contributed by atoms with Crippen molar-refractivity contribution in [3.8, 4) is 0 Å². The monoisotopic (exact) mass is 256 g/mol. The molecule has 1 heterocycles. The van der Waals surface area contributed by atoms with Crippen molar-refractivity contribution in [3.63, 3.8) is 0 Å². The molecule has 1 rings (SSSR count). The molecule has 3 heteroatoms. The molecule has 78 valence electrons. The van der Waals surface area contributed by atoms with Crippen LogP contribution in [-0.2, 0) is 6.54 Å². The van der Waals surface area contributed by atoms with Crippen LogP contribution in [0.15, 0.2) is 22.8 Å². The fraction of sp³-hybridized carbons (Fsp3) is 0.545. The molecule has 1 aromatic heterocycles. The Morgan fingerprint density at radius 3 is 2.64 bits per heavy atom. The molecule has 1 aromatic rings. The van der Waals surface area contributed by atoms with Crippen LogP contribution in [0.1, 0.15) is 32.4 Å². The second kappa shape index (κ2) is 6.14. The highest BCUT2D eigenvalue weighted by molar-refractivity contribution is 9.10. The largest absolute Gasteiger partial charge is 0.308 e. The molecular weight excluding hydrogens is 240 g/mol. The molecule has 0 atom stereocenters. The molecular formula is C11H17BrN2. The molecule has 0 unspecified atom stereocenters. The van der Waals surface area contributed by atoms with Crippen LogP contribution >= 0.6 is 15.9 Å². The zero-order valence-electron chi connectivity index (χ0n) is 8.76. The standard InChI is InChI=1S/C11H17BrN2/c1-3-9(4-2)13-8-10-6-5-7-11(12)14-10/h5-7,9,13H,3-4,8H2,1-2H3. The first-order chi connectivity index (χ1) is 6.76. The summed E-state index contributed by atoms with van der Waals surface area (Å²) in [4.78, 5) is 4.37. The SMILES string of the molecule is CCC(CC)NCc1cccc(Br)n1. The van der Waals surface area contributed by atoms with Crippen LogP contribution in [0.4, 0.5) is 0 Å². The molecule has 0 bridgehead atoms. The van der Waals surface area contributed by atoms with E-state index in [2.05, 4.69) is 40.1 Å². The smallest absolute Gasteiger partial charge is 0.106 e. The van der Waals surface area contributed by atoms with Crippen LogP contribution in [-0.4, -0.2) is 11.0 Å². The van der Waals surface area contributed by atoms with Gasteiger partial charge in [-0.05, 0) is 40.9 Å². The number of aromatic nitrogens is 1. The maximum atomic E-state index is 4.37. The zero-order chi connectivity index (χ0) is 10.4. The molecule has 0 aliphatic heterocycles. The minimum atomic E-state index is 0.607. The number of halogens is 1. The van der Waals surface area contributed by atoms with Crippen molar-refractivity contribution in [1.82, 2.24) is 10.3 Å². The summed E-state index contributed by atoms with van der Waals surface area (Å²) in [6.07, 6.45) is 2.34. The second-order valence-electron chi connectivity index (χ2n) is 3.35. The highest BCUT2D eigenvalue weighted by Crippen LogP contribution is 2.06. The van der Waals surface area contributed by atoms with E-state index in [4.69, 9.17) is 0 Å². The van der Waals surface area contributed by atoms with Crippen LogP contribution < -0.4 is 5.32 Å². The Bertz CT molecular complexity index is 272. The summed E-state index contributed by atoms with van der Waals surface area (Å²) in [6.45, 7) is 5.26. The third-order valence-electron chi connectivity index (χ3n) is 2.33. The van der Waals surface area contributed by atoms with E-state index in [-0.39, 0.29) is 0 Å². The van der Waals surface area contributed by atoms with E-state index in [1.165, 1.54) is 12.8 Å². The number of nitrogens with zero attached hydrogens (tertiary/aromatic N) is 1. The number of hydrogen-bond acceptors (Lipinski definition) is 2. The van der Waals surface area contributed by atoms with Crippen molar-refractivity contribution in [1.29, 1.82) is 0 Å². The summed E-state index contributed by atoms with van der Waals surface area (Å²) in [7, 11) is 0. The molecule has 0 aliphatic carbocycles. The second-order valence-corrected chi connectivity index (χ2v) is 4.16. The van der Waals surface area contributed by atoms with Crippen molar-refractivity contribution in [2.45, 2.75) is 39.3 Å². The Hall–Kier alpha value is -0.410. The van der Waals surface area contributed by atoms with E-state index in [0.29, 0.717) is 6.04 Å². The normalized spacial score (nSPS) is 10.9. The first-order valence-electron chi connectivity index (χ1n) is 5.11. The lowest BCUT2D eigenvalue weighted by molar-refractivity contribution is 0.480. The Balaban J connectivity index is 2.44. The molecule has 0 saturated carbocycles. The predicted molar refractivity (Wildman–Crippen MR) is 63.1 cm³/mol. The van der Waals surface area contributed by atoms with E-state index >= 15 is 0 Å². The fourth-order valence-corrected chi connectivity index (χ4v) is 1.76. The fourth-order valence-electron chi connectivity index (χ4n) is 1.38. The first-order valence-corrected chi connectivity index (χ1v) is 5.90. The Labute approximate surface area is 94.3 Å². The van der Waals surface area contributed by atoms with Crippen molar-refractivity contribution >= 4 is 15.9 Å². The molecule has 0 fully saturated rings. The highest BCUT2D eigenvalue weighted by atomic mass is 79.9. The summed E-state index contributed by atoms with van der Waals surface area (Å²) < 4.78 is 0.904. The minimum Gasteiger partial charge on any atom is -0.308 e. The third-order valence-corrected chi connectivity index (χ3v) is 2.77. The van der Waals surface area contributed by atoms with Gasteiger partial charge in [0.1, 0.15) is 4.60 Å². The number of pyridine rings is 1. The van der Waals surface area contributed by atoms with Gasteiger partial charge in [-0.3, -0.25) is 0 Å². The maximum absolute atomic E-state index is 4.37. The van der Waals surface area contributed by atoms with Gasteiger partial charge >= 0.3 is 0 Å². The number of rotatable bonds is 5. The Morgan fingerprint density at radius 2 is 2.07 bits per heavy atom. The van der Waals surface area contributed by atoms with E-state index < -0.39 is 0 Å².